The molecule has 2 rings (SSSR count). The molecule has 0 saturated heterocycles. The minimum absolute atomic E-state index is 0.0221. The number of carbonyl (C=O) groups excluding carboxylic acids is 1. The molecule has 0 saturated carbocycles. The lowest BCUT2D eigenvalue weighted by molar-refractivity contribution is 0.102. The summed E-state index contributed by atoms with van der Waals surface area (Å²) < 4.78 is 39.2. The van der Waals surface area contributed by atoms with E-state index in [4.69, 9.17) is 0 Å². The number of anilines is 1. The summed E-state index contributed by atoms with van der Waals surface area (Å²) in [5.41, 5.74) is 0.588. The smallest absolute Gasteiger partial charge is 0.255 e. The molecule has 0 aromatic heterocycles. The lowest BCUT2D eigenvalue weighted by atomic mass is 10.2. The van der Waals surface area contributed by atoms with E-state index in [2.05, 4.69) is 16.6 Å². The normalized spacial score (nSPS) is 11.0. The van der Waals surface area contributed by atoms with Gasteiger partial charge < -0.3 is 5.32 Å². The SMILES string of the molecule is C=CCNS(=O)(=O)c1cccc(C(=O)Nc2ccc(F)cc2)c1. The minimum atomic E-state index is -3.71. The number of amides is 1. The van der Waals surface area contributed by atoms with Crippen molar-refractivity contribution >= 4 is 21.6 Å². The Kier molecular flexibility index (Phi) is 5.25. The number of nitrogens with one attached hydrogen (secondary N) is 2. The number of carbonyl (C=O) groups is 1. The third-order valence-electron chi connectivity index (χ3n) is 2.93. The Hall–Kier alpha value is -2.51. The summed E-state index contributed by atoms with van der Waals surface area (Å²) in [5.74, 6) is -0.901. The predicted molar refractivity (Wildman–Crippen MR) is 86.2 cm³/mol. The maximum Gasteiger partial charge on any atom is 0.255 e. The van der Waals surface area contributed by atoms with Gasteiger partial charge in [-0.05, 0) is 42.5 Å². The summed E-state index contributed by atoms with van der Waals surface area (Å²) in [6, 6.07) is 10.9. The Morgan fingerprint density at radius 3 is 2.52 bits per heavy atom. The van der Waals surface area contributed by atoms with Gasteiger partial charge in [0, 0.05) is 17.8 Å². The summed E-state index contributed by atoms with van der Waals surface area (Å²) in [5, 5.41) is 2.57. The van der Waals surface area contributed by atoms with Gasteiger partial charge in [-0.3, -0.25) is 4.79 Å². The first-order chi connectivity index (χ1) is 10.9. The van der Waals surface area contributed by atoms with Crippen LogP contribution in [0.5, 0.6) is 0 Å². The van der Waals surface area contributed by atoms with Crippen LogP contribution in [0.25, 0.3) is 0 Å². The Balaban J connectivity index is 2.20. The number of rotatable bonds is 6. The van der Waals surface area contributed by atoms with Gasteiger partial charge in [0.2, 0.25) is 10.0 Å². The van der Waals surface area contributed by atoms with E-state index in [0.29, 0.717) is 5.69 Å². The van der Waals surface area contributed by atoms with Crippen LogP contribution in [-0.2, 0) is 10.0 Å². The largest absolute Gasteiger partial charge is 0.322 e. The quantitative estimate of drug-likeness (QED) is 0.797. The molecule has 0 aliphatic heterocycles. The van der Waals surface area contributed by atoms with E-state index < -0.39 is 21.7 Å². The van der Waals surface area contributed by atoms with Gasteiger partial charge in [0.1, 0.15) is 5.82 Å². The second-order valence-electron chi connectivity index (χ2n) is 4.63. The Morgan fingerprint density at radius 1 is 1.17 bits per heavy atom. The number of benzene rings is 2. The second-order valence-corrected chi connectivity index (χ2v) is 6.40. The van der Waals surface area contributed by atoms with Crippen molar-refractivity contribution in [1.82, 2.24) is 4.72 Å². The highest BCUT2D eigenvalue weighted by molar-refractivity contribution is 7.89. The molecule has 0 aliphatic carbocycles. The zero-order chi connectivity index (χ0) is 16.9. The Labute approximate surface area is 133 Å². The zero-order valence-electron chi connectivity index (χ0n) is 12.1. The standard InChI is InChI=1S/C16H15FN2O3S/c1-2-10-18-23(21,22)15-5-3-4-12(11-15)16(20)19-14-8-6-13(17)7-9-14/h2-9,11,18H,1,10H2,(H,19,20). The molecule has 2 aromatic rings. The molecule has 7 heteroatoms. The molecular weight excluding hydrogens is 319 g/mol. The van der Waals surface area contributed by atoms with Crippen LogP contribution in [0.15, 0.2) is 66.1 Å². The minimum Gasteiger partial charge on any atom is -0.322 e. The van der Waals surface area contributed by atoms with Crippen molar-refractivity contribution in [3.8, 4) is 0 Å². The summed E-state index contributed by atoms with van der Waals surface area (Å²) in [4.78, 5) is 12.1. The van der Waals surface area contributed by atoms with Gasteiger partial charge >= 0.3 is 0 Å². The van der Waals surface area contributed by atoms with Crippen LogP contribution < -0.4 is 10.0 Å². The highest BCUT2D eigenvalue weighted by Crippen LogP contribution is 2.14. The van der Waals surface area contributed by atoms with Crippen LogP contribution in [0.1, 0.15) is 10.4 Å². The molecule has 2 N–H and O–H groups in total. The van der Waals surface area contributed by atoms with Gasteiger partial charge in [0.05, 0.1) is 4.90 Å². The van der Waals surface area contributed by atoms with Crippen molar-refractivity contribution in [1.29, 1.82) is 0 Å². The van der Waals surface area contributed by atoms with E-state index >= 15 is 0 Å². The van der Waals surface area contributed by atoms with Crippen molar-refractivity contribution in [3.63, 3.8) is 0 Å². The maximum atomic E-state index is 12.8. The van der Waals surface area contributed by atoms with Crippen molar-refractivity contribution in [2.75, 3.05) is 11.9 Å². The van der Waals surface area contributed by atoms with Crippen LogP contribution in [-0.4, -0.2) is 20.9 Å². The molecular formula is C16H15FN2O3S. The van der Waals surface area contributed by atoms with Gasteiger partial charge in [0.25, 0.3) is 5.91 Å². The van der Waals surface area contributed by atoms with Crippen LogP contribution in [0.4, 0.5) is 10.1 Å². The molecule has 0 fully saturated rings. The first-order valence-electron chi connectivity index (χ1n) is 6.70. The molecule has 0 atom stereocenters. The topological polar surface area (TPSA) is 75.3 Å². The lowest BCUT2D eigenvalue weighted by Gasteiger charge is -2.08. The molecule has 0 bridgehead atoms. The predicted octanol–water partition coefficient (Wildman–Crippen LogP) is 2.54. The molecule has 5 nitrogen and oxygen atoms in total. The maximum absolute atomic E-state index is 12.8. The molecule has 120 valence electrons. The van der Waals surface area contributed by atoms with Crippen molar-refractivity contribution in [3.05, 3.63) is 72.6 Å². The second kappa shape index (κ2) is 7.17. The Bertz CT molecular complexity index is 817. The first-order valence-corrected chi connectivity index (χ1v) is 8.18. The number of halogens is 1. The summed E-state index contributed by atoms with van der Waals surface area (Å²) >= 11 is 0. The van der Waals surface area contributed by atoms with Crippen molar-refractivity contribution in [2.24, 2.45) is 0 Å². The van der Waals surface area contributed by atoms with Crippen LogP contribution in [0.3, 0.4) is 0 Å². The molecule has 0 unspecified atom stereocenters. The van der Waals surface area contributed by atoms with Gasteiger partial charge in [-0.2, -0.15) is 0 Å². The fraction of sp³-hybridized carbons (Fsp3) is 0.0625. The van der Waals surface area contributed by atoms with Crippen LogP contribution in [0, 0.1) is 5.82 Å². The number of sulfonamides is 1. The third kappa shape index (κ3) is 4.48. The van der Waals surface area contributed by atoms with E-state index in [-0.39, 0.29) is 17.0 Å². The van der Waals surface area contributed by atoms with E-state index in [0.717, 1.165) is 0 Å². The van der Waals surface area contributed by atoms with E-state index in [1.165, 1.54) is 54.6 Å². The molecule has 23 heavy (non-hydrogen) atoms. The zero-order valence-corrected chi connectivity index (χ0v) is 12.9. The van der Waals surface area contributed by atoms with Gasteiger partial charge in [-0.25, -0.2) is 17.5 Å². The molecule has 0 aliphatic rings. The van der Waals surface area contributed by atoms with E-state index in [1.54, 1.807) is 0 Å². The number of hydrogen-bond acceptors (Lipinski definition) is 3. The average molecular weight is 334 g/mol. The molecule has 0 spiro atoms. The summed E-state index contributed by atoms with van der Waals surface area (Å²) in [6.45, 7) is 3.53. The monoisotopic (exact) mass is 334 g/mol. The number of hydrogen-bond donors (Lipinski definition) is 2. The Morgan fingerprint density at radius 2 is 1.87 bits per heavy atom. The average Bonchev–Trinajstić information content (AvgIpc) is 2.55. The van der Waals surface area contributed by atoms with Crippen molar-refractivity contribution in [2.45, 2.75) is 4.90 Å². The van der Waals surface area contributed by atoms with E-state index in [9.17, 15) is 17.6 Å². The fourth-order valence-electron chi connectivity index (χ4n) is 1.79. The lowest BCUT2D eigenvalue weighted by Crippen LogP contribution is -2.24. The molecule has 0 heterocycles. The highest BCUT2D eigenvalue weighted by atomic mass is 32.2. The van der Waals surface area contributed by atoms with Crippen LogP contribution in [0.2, 0.25) is 0 Å². The molecule has 2 aromatic carbocycles. The summed E-state index contributed by atoms with van der Waals surface area (Å²) in [6.07, 6.45) is 1.42. The highest BCUT2D eigenvalue weighted by Gasteiger charge is 2.15. The van der Waals surface area contributed by atoms with Gasteiger partial charge in [-0.15, -0.1) is 6.58 Å². The fourth-order valence-corrected chi connectivity index (χ4v) is 2.84. The van der Waals surface area contributed by atoms with Gasteiger partial charge in [-0.1, -0.05) is 12.1 Å². The molecule has 0 radical (unpaired) electrons. The summed E-state index contributed by atoms with van der Waals surface area (Å²) in [7, 11) is -3.71. The third-order valence-corrected chi connectivity index (χ3v) is 4.35. The van der Waals surface area contributed by atoms with E-state index in [1.807, 2.05) is 0 Å². The molecule has 1 amide bonds. The first kappa shape index (κ1) is 16.9. The van der Waals surface area contributed by atoms with Gasteiger partial charge in [0.15, 0.2) is 0 Å². The van der Waals surface area contributed by atoms with Crippen LogP contribution >= 0.6 is 0 Å². The van der Waals surface area contributed by atoms with Crippen molar-refractivity contribution < 1.29 is 17.6 Å².